The SMILES string of the molecule is CS(=O)(=O)c1ccc(Cl)c(NC(=O)CN2CCN(Cc3nc4ccccc4s3)CC2)c1. The van der Waals surface area contributed by atoms with Gasteiger partial charge in [-0.05, 0) is 30.3 Å². The summed E-state index contributed by atoms with van der Waals surface area (Å²) in [6.45, 7) is 4.30. The highest BCUT2D eigenvalue weighted by Crippen LogP contribution is 2.26. The zero-order chi connectivity index (χ0) is 22.0. The van der Waals surface area contributed by atoms with E-state index in [-0.39, 0.29) is 17.3 Å². The minimum atomic E-state index is -3.38. The van der Waals surface area contributed by atoms with E-state index in [1.165, 1.54) is 22.9 Å². The van der Waals surface area contributed by atoms with Gasteiger partial charge in [-0.15, -0.1) is 11.3 Å². The van der Waals surface area contributed by atoms with Gasteiger partial charge in [0.15, 0.2) is 9.84 Å². The van der Waals surface area contributed by atoms with Gasteiger partial charge in [0.25, 0.3) is 0 Å². The molecule has 164 valence electrons. The molecule has 4 rings (SSSR count). The molecule has 3 aromatic rings. The summed E-state index contributed by atoms with van der Waals surface area (Å²) in [4.78, 5) is 21.7. The first kappa shape index (κ1) is 22.2. The van der Waals surface area contributed by atoms with E-state index < -0.39 is 9.84 Å². The van der Waals surface area contributed by atoms with Gasteiger partial charge in [0.05, 0.1) is 38.9 Å². The van der Waals surface area contributed by atoms with Crippen LogP contribution in [0.1, 0.15) is 5.01 Å². The highest BCUT2D eigenvalue weighted by atomic mass is 35.5. The summed E-state index contributed by atoms with van der Waals surface area (Å²) in [7, 11) is -3.38. The fourth-order valence-corrected chi connectivity index (χ4v) is 5.33. The van der Waals surface area contributed by atoms with Gasteiger partial charge in [-0.1, -0.05) is 23.7 Å². The number of fused-ring (bicyclic) bond motifs is 1. The molecule has 0 unspecified atom stereocenters. The molecule has 0 atom stereocenters. The Morgan fingerprint density at radius 3 is 2.55 bits per heavy atom. The molecule has 0 bridgehead atoms. The van der Waals surface area contributed by atoms with Crippen LogP contribution < -0.4 is 5.32 Å². The van der Waals surface area contributed by atoms with Crippen molar-refractivity contribution in [3.05, 3.63) is 52.5 Å². The monoisotopic (exact) mass is 478 g/mol. The molecular formula is C21H23ClN4O3S2. The van der Waals surface area contributed by atoms with E-state index in [1.54, 1.807) is 11.3 Å². The minimum absolute atomic E-state index is 0.121. The van der Waals surface area contributed by atoms with Gasteiger partial charge in [0.1, 0.15) is 5.01 Å². The second-order valence-corrected chi connectivity index (χ2v) is 11.1. The normalized spacial score (nSPS) is 15.9. The average molecular weight is 479 g/mol. The summed E-state index contributed by atoms with van der Waals surface area (Å²) in [6.07, 6.45) is 1.12. The average Bonchev–Trinajstić information content (AvgIpc) is 3.12. The predicted octanol–water partition coefficient (Wildman–Crippen LogP) is 3.11. The Morgan fingerprint density at radius 1 is 1.13 bits per heavy atom. The third-order valence-corrected chi connectivity index (χ3v) is 7.63. The first-order valence-corrected chi connectivity index (χ1v) is 13.0. The summed E-state index contributed by atoms with van der Waals surface area (Å²) < 4.78 is 24.7. The first-order valence-electron chi connectivity index (χ1n) is 9.86. The third-order valence-electron chi connectivity index (χ3n) is 5.17. The summed E-state index contributed by atoms with van der Waals surface area (Å²) in [5.74, 6) is -0.216. The fourth-order valence-electron chi connectivity index (χ4n) is 3.51. The Hall–Kier alpha value is -2.04. The quantitative estimate of drug-likeness (QED) is 0.586. The molecule has 1 N–H and O–H groups in total. The molecule has 2 aromatic carbocycles. The van der Waals surface area contributed by atoms with Crippen molar-refractivity contribution >= 4 is 54.6 Å². The van der Waals surface area contributed by atoms with Crippen molar-refractivity contribution in [1.82, 2.24) is 14.8 Å². The van der Waals surface area contributed by atoms with Gasteiger partial charge in [-0.3, -0.25) is 14.6 Å². The van der Waals surface area contributed by atoms with Crippen LogP contribution in [0.3, 0.4) is 0 Å². The Morgan fingerprint density at radius 2 is 1.84 bits per heavy atom. The van der Waals surface area contributed by atoms with E-state index in [4.69, 9.17) is 16.6 Å². The molecule has 0 saturated carbocycles. The molecule has 31 heavy (non-hydrogen) atoms. The van der Waals surface area contributed by atoms with Crippen molar-refractivity contribution in [3.63, 3.8) is 0 Å². The molecule has 1 aromatic heterocycles. The molecule has 0 radical (unpaired) electrons. The summed E-state index contributed by atoms with van der Waals surface area (Å²) >= 11 is 7.85. The van der Waals surface area contributed by atoms with Gasteiger partial charge in [0.2, 0.25) is 5.91 Å². The molecule has 1 amide bonds. The topological polar surface area (TPSA) is 82.6 Å². The lowest BCUT2D eigenvalue weighted by Gasteiger charge is -2.33. The first-order chi connectivity index (χ1) is 14.8. The number of nitrogens with zero attached hydrogens (tertiary/aromatic N) is 3. The lowest BCUT2D eigenvalue weighted by Crippen LogP contribution is -2.48. The smallest absolute Gasteiger partial charge is 0.238 e. The standard InChI is InChI=1S/C21H23ClN4O3S2/c1-31(28,29)15-6-7-16(22)18(12-15)23-20(27)13-25-8-10-26(11-9-25)14-21-24-17-4-2-3-5-19(17)30-21/h2-7,12H,8-11,13-14H2,1H3,(H,23,27). The lowest BCUT2D eigenvalue weighted by molar-refractivity contribution is -0.117. The predicted molar refractivity (Wildman–Crippen MR) is 125 cm³/mol. The van der Waals surface area contributed by atoms with Crippen molar-refractivity contribution in [3.8, 4) is 0 Å². The number of halogens is 1. The van der Waals surface area contributed by atoms with Gasteiger partial charge < -0.3 is 5.32 Å². The van der Waals surface area contributed by atoms with E-state index in [0.29, 0.717) is 10.7 Å². The number of aromatic nitrogens is 1. The molecule has 0 spiro atoms. The van der Waals surface area contributed by atoms with Gasteiger partial charge in [-0.2, -0.15) is 0 Å². The zero-order valence-corrected chi connectivity index (χ0v) is 19.4. The number of anilines is 1. The zero-order valence-electron chi connectivity index (χ0n) is 17.0. The summed E-state index contributed by atoms with van der Waals surface area (Å²) in [6, 6.07) is 12.4. The van der Waals surface area contributed by atoms with Crippen LogP contribution in [0, 0.1) is 0 Å². The number of hydrogen-bond acceptors (Lipinski definition) is 7. The Balaban J connectivity index is 1.29. The van der Waals surface area contributed by atoms with Gasteiger partial charge in [-0.25, -0.2) is 13.4 Å². The number of para-hydroxylation sites is 1. The number of rotatable bonds is 6. The number of hydrogen-bond donors (Lipinski definition) is 1. The van der Waals surface area contributed by atoms with Crippen LogP contribution in [0.4, 0.5) is 5.69 Å². The van der Waals surface area contributed by atoms with Crippen molar-refractivity contribution in [2.75, 3.05) is 44.3 Å². The van der Waals surface area contributed by atoms with Crippen LogP contribution in [0.25, 0.3) is 10.2 Å². The molecule has 1 saturated heterocycles. The van der Waals surface area contributed by atoms with Gasteiger partial charge in [0, 0.05) is 32.4 Å². The Bertz CT molecular complexity index is 1170. The van der Waals surface area contributed by atoms with Crippen molar-refractivity contribution in [2.24, 2.45) is 0 Å². The molecule has 0 aliphatic carbocycles. The second kappa shape index (κ2) is 9.22. The second-order valence-electron chi connectivity index (χ2n) is 7.59. The van der Waals surface area contributed by atoms with Crippen LogP contribution in [0.5, 0.6) is 0 Å². The number of carbonyl (C=O) groups is 1. The third kappa shape index (κ3) is 5.61. The molecule has 2 heterocycles. The van der Waals surface area contributed by atoms with Gasteiger partial charge >= 0.3 is 0 Å². The van der Waals surface area contributed by atoms with Crippen molar-refractivity contribution < 1.29 is 13.2 Å². The maximum atomic E-state index is 12.5. The van der Waals surface area contributed by atoms with Crippen LogP contribution >= 0.6 is 22.9 Å². The highest BCUT2D eigenvalue weighted by Gasteiger charge is 2.21. The lowest BCUT2D eigenvalue weighted by atomic mass is 10.3. The van der Waals surface area contributed by atoms with E-state index >= 15 is 0 Å². The maximum absolute atomic E-state index is 12.5. The largest absolute Gasteiger partial charge is 0.324 e. The number of benzene rings is 2. The van der Waals surface area contributed by atoms with Crippen LogP contribution in [0.2, 0.25) is 5.02 Å². The number of sulfone groups is 1. The van der Waals surface area contributed by atoms with E-state index in [9.17, 15) is 13.2 Å². The van der Waals surface area contributed by atoms with Crippen LogP contribution in [-0.4, -0.2) is 68.1 Å². The minimum Gasteiger partial charge on any atom is -0.324 e. The van der Waals surface area contributed by atoms with Crippen LogP contribution in [0.15, 0.2) is 47.4 Å². The van der Waals surface area contributed by atoms with E-state index in [1.807, 2.05) is 18.2 Å². The van der Waals surface area contributed by atoms with E-state index in [2.05, 4.69) is 21.2 Å². The number of carbonyl (C=O) groups excluding carboxylic acids is 1. The fraction of sp³-hybridized carbons (Fsp3) is 0.333. The molecule has 1 aliphatic rings. The molecule has 7 nitrogen and oxygen atoms in total. The molecule has 1 fully saturated rings. The Kier molecular flexibility index (Phi) is 6.59. The summed E-state index contributed by atoms with van der Waals surface area (Å²) in [5, 5.41) is 4.15. The number of nitrogens with one attached hydrogen (secondary N) is 1. The number of amides is 1. The number of piperazine rings is 1. The highest BCUT2D eigenvalue weighted by molar-refractivity contribution is 7.90. The Labute approximate surface area is 190 Å². The molecule has 1 aliphatic heterocycles. The van der Waals surface area contributed by atoms with Crippen LogP contribution in [-0.2, 0) is 21.2 Å². The van der Waals surface area contributed by atoms with Crippen molar-refractivity contribution in [1.29, 1.82) is 0 Å². The molecular weight excluding hydrogens is 456 g/mol. The maximum Gasteiger partial charge on any atom is 0.238 e. The molecule has 10 heteroatoms. The van der Waals surface area contributed by atoms with E-state index in [0.717, 1.165) is 49.5 Å². The summed E-state index contributed by atoms with van der Waals surface area (Å²) in [5.41, 5.74) is 1.35. The van der Waals surface area contributed by atoms with Crippen molar-refractivity contribution in [2.45, 2.75) is 11.4 Å². The number of thiazole rings is 1.